The third kappa shape index (κ3) is 8.00. The summed E-state index contributed by atoms with van der Waals surface area (Å²) in [6, 6.07) is 0. The smallest absolute Gasteiger partial charge is 0.227 e. The predicted octanol–water partition coefficient (Wildman–Crippen LogP) is 1.94. The number of carbonyl (C=O) groups is 2. The van der Waals surface area contributed by atoms with Crippen molar-refractivity contribution in [1.29, 1.82) is 0 Å². The topological polar surface area (TPSA) is 61.8 Å². The van der Waals surface area contributed by atoms with E-state index < -0.39 is 22.5 Å². The van der Waals surface area contributed by atoms with E-state index in [9.17, 15) is 9.59 Å². The minimum absolute atomic E-state index is 0.0428. The van der Waals surface area contributed by atoms with Gasteiger partial charge in [0.15, 0.2) is 0 Å². The SMILES string of the molecule is CCC(C(=O)Cl)[C@H](CC(=O)Cl)OCOCCOC. The standard InChI is InChI=1S/C11H18Cl2O5/c1-3-8(11(13)15)9(6-10(12)14)18-7-17-5-4-16-2/h8-9H,3-7H2,1-2H3/t8?,9-/m0/s1. The maximum Gasteiger partial charge on any atom is 0.227 e. The summed E-state index contributed by atoms with van der Waals surface area (Å²) >= 11 is 10.8. The highest BCUT2D eigenvalue weighted by Gasteiger charge is 2.28. The highest BCUT2D eigenvalue weighted by atomic mass is 35.5. The Labute approximate surface area is 117 Å². The van der Waals surface area contributed by atoms with Gasteiger partial charge in [-0.1, -0.05) is 6.92 Å². The third-order valence-electron chi connectivity index (χ3n) is 2.34. The van der Waals surface area contributed by atoms with Crippen LogP contribution in [-0.4, -0.2) is 43.7 Å². The van der Waals surface area contributed by atoms with E-state index in [0.717, 1.165) is 0 Å². The second kappa shape index (κ2) is 10.7. The summed E-state index contributed by atoms with van der Waals surface area (Å²) in [5.41, 5.74) is 0. The summed E-state index contributed by atoms with van der Waals surface area (Å²) in [4.78, 5) is 22.1. The van der Waals surface area contributed by atoms with Crippen LogP contribution < -0.4 is 0 Å². The molecule has 0 fully saturated rings. The molecule has 0 aromatic carbocycles. The molecule has 18 heavy (non-hydrogen) atoms. The number of methoxy groups -OCH3 is 1. The van der Waals surface area contributed by atoms with Crippen molar-refractivity contribution >= 4 is 33.7 Å². The number of hydrogen-bond acceptors (Lipinski definition) is 5. The van der Waals surface area contributed by atoms with Crippen molar-refractivity contribution in [3.05, 3.63) is 0 Å². The van der Waals surface area contributed by atoms with Gasteiger partial charge in [-0.3, -0.25) is 9.59 Å². The molecule has 2 atom stereocenters. The Kier molecular flexibility index (Phi) is 10.6. The molecule has 0 aliphatic rings. The van der Waals surface area contributed by atoms with E-state index in [-0.39, 0.29) is 13.2 Å². The predicted molar refractivity (Wildman–Crippen MR) is 67.7 cm³/mol. The van der Waals surface area contributed by atoms with E-state index >= 15 is 0 Å². The molecule has 0 aromatic heterocycles. The van der Waals surface area contributed by atoms with Crippen molar-refractivity contribution < 1.29 is 23.8 Å². The van der Waals surface area contributed by atoms with Crippen molar-refractivity contribution in [3.63, 3.8) is 0 Å². The van der Waals surface area contributed by atoms with Gasteiger partial charge < -0.3 is 14.2 Å². The lowest BCUT2D eigenvalue weighted by Crippen LogP contribution is -2.30. The van der Waals surface area contributed by atoms with Crippen molar-refractivity contribution in [2.45, 2.75) is 25.9 Å². The molecule has 1 unspecified atom stereocenters. The van der Waals surface area contributed by atoms with Gasteiger partial charge in [-0.05, 0) is 29.6 Å². The summed E-state index contributed by atoms with van der Waals surface area (Å²) in [6.07, 6.45) is -0.269. The van der Waals surface area contributed by atoms with E-state index in [4.69, 9.17) is 37.4 Å². The second-order valence-corrected chi connectivity index (χ2v) is 4.40. The minimum atomic E-state index is -0.660. The molecule has 0 saturated carbocycles. The highest BCUT2D eigenvalue weighted by Crippen LogP contribution is 2.20. The molecule has 0 rings (SSSR count). The quantitative estimate of drug-likeness (QED) is 0.331. The summed E-state index contributed by atoms with van der Waals surface area (Å²) < 4.78 is 15.2. The first kappa shape index (κ1) is 17.8. The average Bonchev–Trinajstić information content (AvgIpc) is 2.28. The summed E-state index contributed by atoms with van der Waals surface area (Å²) in [6.45, 7) is 2.54. The molecule has 106 valence electrons. The number of rotatable bonds is 11. The lowest BCUT2D eigenvalue weighted by atomic mass is 9.99. The summed E-state index contributed by atoms with van der Waals surface area (Å²) in [5, 5.41) is -1.12. The highest BCUT2D eigenvalue weighted by molar-refractivity contribution is 6.64. The van der Waals surface area contributed by atoms with Crippen LogP contribution in [-0.2, 0) is 23.8 Å². The summed E-state index contributed by atoms with van der Waals surface area (Å²) in [7, 11) is 1.55. The van der Waals surface area contributed by atoms with Crippen molar-refractivity contribution in [2.24, 2.45) is 5.92 Å². The van der Waals surface area contributed by atoms with Crippen LogP contribution in [0.25, 0.3) is 0 Å². The Morgan fingerprint density at radius 2 is 1.89 bits per heavy atom. The van der Waals surface area contributed by atoms with E-state index in [1.807, 2.05) is 0 Å². The Morgan fingerprint density at radius 1 is 1.22 bits per heavy atom. The van der Waals surface area contributed by atoms with E-state index in [0.29, 0.717) is 19.6 Å². The van der Waals surface area contributed by atoms with E-state index in [1.54, 1.807) is 14.0 Å². The maximum atomic E-state index is 11.2. The largest absolute Gasteiger partial charge is 0.382 e. The minimum Gasteiger partial charge on any atom is -0.382 e. The van der Waals surface area contributed by atoms with Gasteiger partial charge in [0.25, 0.3) is 0 Å². The zero-order valence-corrected chi connectivity index (χ0v) is 12.0. The molecule has 0 aliphatic heterocycles. The Hall–Kier alpha value is -0.200. The van der Waals surface area contributed by atoms with E-state index in [1.165, 1.54) is 0 Å². The molecule has 0 saturated heterocycles. The van der Waals surface area contributed by atoms with Gasteiger partial charge in [0.05, 0.1) is 25.2 Å². The zero-order valence-electron chi connectivity index (χ0n) is 10.5. The number of hydrogen-bond donors (Lipinski definition) is 0. The summed E-state index contributed by atoms with van der Waals surface area (Å²) in [5.74, 6) is -0.569. The van der Waals surface area contributed by atoms with Crippen molar-refractivity contribution in [2.75, 3.05) is 27.1 Å². The maximum absolute atomic E-state index is 11.2. The molecule has 0 amide bonds. The normalized spacial score (nSPS) is 14.2. The Bertz CT molecular complexity index is 260. The van der Waals surface area contributed by atoms with Crippen LogP contribution in [0.1, 0.15) is 19.8 Å². The lowest BCUT2D eigenvalue weighted by Gasteiger charge is -2.22. The van der Waals surface area contributed by atoms with Crippen molar-refractivity contribution in [1.82, 2.24) is 0 Å². The fraction of sp³-hybridized carbons (Fsp3) is 0.818. The van der Waals surface area contributed by atoms with E-state index in [2.05, 4.69) is 0 Å². The van der Waals surface area contributed by atoms with Crippen LogP contribution in [0.5, 0.6) is 0 Å². The second-order valence-electron chi connectivity index (χ2n) is 3.60. The third-order valence-corrected chi connectivity index (χ3v) is 2.77. The van der Waals surface area contributed by atoms with Crippen LogP contribution >= 0.6 is 23.2 Å². The van der Waals surface area contributed by atoms with Crippen LogP contribution in [0.15, 0.2) is 0 Å². The average molecular weight is 301 g/mol. The first-order valence-electron chi connectivity index (χ1n) is 5.58. The number of carbonyl (C=O) groups excluding carboxylic acids is 2. The fourth-order valence-electron chi connectivity index (χ4n) is 1.38. The van der Waals surface area contributed by atoms with Gasteiger partial charge in [0.1, 0.15) is 6.79 Å². The molecule has 0 N–H and O–H groups in total. The zero-order chi connectivity index (χ0) is 14.0. The molecule has 0 spiro atoms. The first-order chi connectivity index (χ1) is 8.52. The number of halogens is 2. The van der Waals surface area contributed by atoms with Gasteiger partial charge >= 0.3 is 0 Å². The molecule has 0 radical (unpaired) electrons. The van der Waals surface area contributed by atoms with Crippen molar-refractivity contribution in [3.8, 4) is 0 Å². The molecular formula is C11H18Cl2O5. The molecule has 7 heteroatoms. The molecular weight excluding hydrogens is 283 g/mol. The lowest BCUT2D eigenvalue weighted by molar-refractivity contribution is -0.137. The van der Waals surface area contributed by atoms with Gasteiger partial charge in [0.2, 0.25) is 10.5 Å². The Balaban J connectivity index is 4.21. The fourth-order valence-corrected chi connectivity index (χ4v) is 1.83. The van der Waals surface area contributed by atoms with Gasteiger partial charge in [-0.15, -0.1) is 0 Å². The molecule has 0 heterocycles. The van der Waals surface area contributed by atoms with Crippen LogP contribution in [0.2, 0.25) is 0 Å². The monoisotopic (exact) mass is 300 g/mol. The van der Waals surface area contributed by atoms with Crippen LogP contribution in [0.3, 0.4) is 0 Å². The Morgan fingerprint density at radius 3 is 2.33 bits per heavy atom. The molecule has 0 aliphatic carbocycles. The molecule has 0 bridgehead atoms. The van der Waals surface area contributed by atoms with Crippen LogP contribution in [0.4, 0.5) is 0 Å². The number of ether oxygens (including phenoxy) is 3. The first-order valence-corrected chi connectivity index (χ1v) is 6.34. The van der Waals surface area contributed by atoms with Crippen LogP contribution in [0, 0.1) is 5.92 Å². The van der Waals surface area contributed by atoms with Gasteiger partial charge in [-0.2, -0.15) is 0 Å². The molecule has 0 aromatic rings. The molecule has 5 nitrogen and oxygen atoms in total. The van der Waals surface area contributed by atoms with Gasteiger partial charge in [-0.25, -0.2) is 0 Å². The van der Waals surface area contributed by atoms with Gasteiger partial charge in [0, 0.05) is 13.5 Å².